The maximum absolute atomic E-state index is 12.7. The summed E-state index contributed by atoms with van der Waals surface area (Å²) in [5, 5.41) is 3.21. The molecule has 0 saturated carbocycles. The van der Waals surface area contributed by atoms with Crippen LogP contribution in [0.2, 0.25) is 5.02 Å². The lowest BCUT2D eigenvalue weighted by atomic mass is 10.1. The summed E-state index contributed by atoms with van der Waals surface area (Å²) in [5.74, 6) is 0.370. The number of carbonyl (C=O) groups excluding carboxylic acids is 3. The van der Waals surface area contributed by atoms with Crippen LogP contribution in [-0.2, 0) is 20.9 Å². The summed E-state index contributed by atoms with van der Waals surface area (Å²) in [6, 6.07) is 30.3. The minimum absolute atomic E-state index is 0.0922. The Kier molecular flexibility index (Phi) is 9.91. The van der Waals surface area contributed by atoms with Crippen LogP contribution in [-0.4, -0.2) is 23.8 Å². The number of benzene rings is 4. The summed E-state index contributed by atoms with van der Waals surface area (Å²) < 4.78 is 16.7. The SMILES string of the molecule is CC(OC(=O)CCC(=O)Nc1ccc(Oc2ccccc2Cl)cc1)C(=O)c1ccc(OCc2ccccc2)cc1. The molecule has 1 amide bonds. The van der Waals surface area contributed by atoms with Crippen molar-refractivity contribution in [2.45, 2.75) is 32.5 Å². The van der Waals surface area contributed by atoms with Gasteiger partial charge in [-0.2, -0.15) is 0 Å². The number of hydrogen-bond acceptors (Lipinski definition) is 6. The van der Waals surface area contributed by atoms with Crippen LogP contribution in [0, 0.1) is 0 Å². The summed E-state index contributed by atoms with van der Waals surface area (Å²) in [5.41, 5.74) is 1.98. The molecule has 0 saturated heterocycles. The van der Waals surface area contributed by atoms with E-state index in [4.69, 9.17) is 25.8 Å². The molecule has 4 aromatic rings. The molecule has 40 heavy (non-hydrogen) atoms. The molecule has 0 aromatic heterocycles. The second-order valence-electron chi connectivity index (χ2n) is 8.90. The predicted octanol–water partition coefficient (Wildman–Crippen LogP) is 7.24. The zero-order valence-corrected chi connectivity index (χ0v) is 22.6. The Morgan fingerprint density at radius 1 is 0.775 bits per heavy atom. The Bertz CT molecular complexity index is 1440. The highest BCUT2D eigenvalue weighted by Gasteiger charge is 2.20. The lowest BCUT2D eigenvalue weighted by Crippen LogP contribution is -2.25. The van der Waals surface area contributed by atoms with Gasteiger partial charge in [0.1, 0.15) is 23.9 Å². The zero-order chi connectivity index (χ0) is 28.3. The van der Waals surface area contributed by atoms with Gasteiger partial charge >= 0.3 is 5.97 Å². The van der Waals surface area contributed by atoms with Gasteiger partial charge in [0.25, 0.3) is 0 Å². The summed E-state index contributed by atoms with van der Waals surface area (Å²) in [4.78, 5) is 37.3. The average molecular weight is 558 g/mol. The minimum Gasteiger partial charge on any atom is -0.489 e. The third kappa shape index (κ3) is 8.44. The van der Waals surface area contributed by atoms with Gasteiger partial charge in [-0.3, -0.25) is 14.4 Å². The first-order chi connectivity index (χ1) is 19.4. The Labute approximate surface area is 237 Å². The molecule has 4 aromatic carbocycles. The monoisotopic (exact) mass is 557 g/mol. The Balaban J connectivity index is 1.18. The van der Waals surface area contributed by atoms with Crippen molar-refractivity contribution < 1.29 is 28.6 Å². The van der Waals surface area contributed by atoms with Crippen molar-refractivity contribution >= 4 is 34.9 Å². The summed E-state index contributed by atoms with van der Waals surface area (Å²) in [6.07, 6.45) is -1.24. The van der Waals surface area contributed by atoms with Crippen LogP contribution in [0.15, 0.2) is 103 Å². The topological polar surface area (TPSA) is 90.9 Å². The van der Waals surface area contributed by atoms with E-state index in [1.54, 1.807) is 60.7 Å². The fourth-order valence-electron chi connectivity index (χ4n) is 3.70. The normalized spacial score (nSPS) is 11.2. The maximum Gasteiger partial charge on any atom is 0.307 e. The number of hydrogen-bond donors (Lipinski definition) is 1. The first-order valence-corrected chi connectivity index (χ1v) is 13.1. The lowest BCUT2D eigenvalue weighted by molar-refractivity contribution is -0.147. The molecule has 0 heterocycles. The summed E-state index contributed by atoms with van der Waals surface area (Å²) in [6.45, 7) is 1.92. The van der Waals surface area contributed by atoms with E-state index >= 15 is 0 Å². The fourth-order valence-corrected chi connectivity index (χ4v) is 3.87. The van der Waals surface area contributed by atoms with Crippen molar-refractivity contribution in [2.24, 2.45) is 0 Å². The third-order valence-electron chi connectivity index (χ3n) is 5.82. The van der Waals surface area contributed by atoms with Gasteiger partial charge in [-0.05, 0) is 73.2 Å². The van der Waals surface area contributed by atoms with Gasteiger partial charge in [0.15, 0.2) is 6.10 Å². The van der Waals surface area contributed by atoms with E-state index in [0.29, 0.717) is 40.1 Å². The molecule has 4 rings (SSSR count). The van der Waals surface area contributed by atoms with Crippen molar-refractivity contribution in [3.8, 4) is 17.2 Å². The van der Waals surface area contributed by atoms with Crippen molar-refractivity contribution in [3.63, 3.8) is 0 Å². The molecule has 1 unspecified atom stereocenters. The number of Topliss-reactive ketones (excluding diaryl/α,β-unsaturated/α-hetero) is 1. The zero-order valence-electron chi connectivity index (χ0n) is 21.8. The highest BCUT2D eigenvalue weighted by atomic mass is 35.5. The number of nitrogens with one attached hydrogen (secondary N) is 1. The highest BCUT2D eigenvalue weighted by Crippen LogP contribution is 2.29. The number of rotatable bonds is 12. The van der Waals surface area contributed by atoms with Gasteiger partial charge in [0.2, 0.25) is 11.7 Å². The number of ketones is 1. The molecule has 8 heteroatoms. The molecule has 1 atom stereocenters. The number of para-hydroxylation sites is 1. The van der Waals surface area contributed by atoms with Gasteiger partial charge in [0, 0.05) is 17.7 Å². The summed E-state index contributed by atoms with van der Waals surface area (Å²) >= 11 is 6.11. The fraction of sp³-hybridized carbons (Fsp3) is 0.156. The molecule has 0 radical (unpaired) electrons. The average Bonchev–Trinajstić information content (AvgIpc) is 2.97. The van der Waals surface area contributed by atoms with E-state index in [-0.39, 0.29) is 24.5 Å². The lowest BCUT2D eigenvalue weighted by Gasteiger charge is -2.13. The Morgan fingerprint density at radius 2 is 1.43 bits per heavy atom. The number of amides is 1. The molecule has 204 valence electrons. The van der Waals surface area contributed by atoms with E-state index in [9.17, 15) is 14.4 Å². The molecule has 7 nitrogen and oxygen atoms in total. The van der Waals surface area contributed by atoms with Crippen LogP contribution in [0.25, 0.3) is 0 Å². The number of carbonyl (C=O) groups is 3. The van der Waals surface area contributed by atoms with Crippen LogP contribution in [0.1, 0.15) is 35.7 Å². The number of ether oxygens (including phenoxy) is 3. The predicted molar refractivity (Wildman–Crippen MR) is 153 cm³/mol. The van der Waals surface area contributed by atoms with Crippen LogP contribution >= 0.6 is 11.6 Å². The quantitative estimate of drug-likeness (QED) is 0.146. The molecule has 0 fully saturated rings. The number of halogens is 1. The molecule has 0 spiro atoms. The number of anilines is 1. The van der Waals surface area contributed by atoms with Gasteiger partial charge in [-0.1, -0.05) is 54.1 Å². The standard InChI is InChI=1S/C32H28ClNO6/c1-22(32(37)24-11-15-26(16-12-24)38-21-23-7-3-2-4-8-23)39-31(36)20-19-30(35)34-25-13-17-27(18-14-25)40-29-10-6-5-9-28(29)33/h2-18,22H,19-21H2,1H3,(H,34,35). The molecular weight excluding hydrogens is 530 g/mol. The largest absolute Gasteiger partial charge is 0.489 e. The van der Waals surface area contributed by atoms with E-state index in [2.05, 4.69) is 5.32 Å². The van der Waals surface area contributed by atoms with E-state index in [1.165, 1.54) is 6.92 Å². The third-order valence-corrected chi connectivity index (χ3v) is 6.14. The number of esters is 1. The van der Waals surface area contributed by atoms with Gasteiger partial charge < -0.3 is 19.5 Å². The second kappa shape index (κ2) is 14.0. The minimum atomic E-state index is -0.989. The van der Waals surface area contributed by atoms with Crippen molar-refractivity contribution in [1.29, 1.82) is 0 Å². The van der Waals surface area contributed by atoms with Gasteiger partial charge in [0.05, 0.1) is 11.4 Å². The molecule has 0 aliphatic rings. The van der Waals surface area contributed by atoms with Crippen LogP contribution in [0.4, 0.5) is 5.69 Å². The molecule has 1 N–H and O–H groups in total. The maximum atomic E-state index is 12.7. The van der Waals surface area contributed by atoms with Crippen LogP contribution < -0.4 is 14.8 Å². The van der Waals surface area contributed by atoms with E-state index in [0.717, 1.165) is 5.56 Å². The van der Waals surface area contributed by atoms with Gasteiger partial charge in [-0.15, -0.1) is 0 Å². The first-order valence-electron chi connectivity index (χ1n) is 12.7. The van der Waals surface area contributed by atoms with E-state index in [1.807, 2.05) is 42.5 Å². The Hall–Kier alpha value is -4.62. The molecule has 0 aliphatic carbocycles. The molecule has 0 aliphatic heterocycles. The first kappa shape index (κ1) is 28.4. The Morgan fingerprint density at radius 3 is 2.12 bits per heavy atom. The van der Waals surface area contributed by atoms with Crippen molar-refractivity contribution in [1.82, 2.24) is 0 Å². The van der Waals surface area contributed by atoms with Crippen molar-refractivity contribution in [2.75, 3.05) is 5.32 Å². The second-order valence-corrected chi connectivity index (χ2v) is 9.31. The van der Waals surface area contributed by atoms with Crippen LogP contribution in [0.5, 0.6) is 17.2 Å². The smallest absolute Gasteiger partial charge is 0.307 e. The van der Waals surface area contributed by atoms with Crippen LogP contribution in [0.3, 0.4) is 0 Å². The highest BCUT2D eigenvalue weighted by molar-refractivity contribution is 6.32. The molecular formula is C32H28ClNO6. The van der Waals surface area contributed by atoms with E-state index < -0.39 is 12.1 Å². The summed E-state index contributed by atoms with van der Waals surface area (Å²) in [7, 11) is 0. The van der Waals surface area contributed by atoms with Crippen molar-refractivity contribution in [3.05, 3.63) is 119 Å². The molecule has 0 bridgehead atoms. The van der Waals surface area contributed by atoms with Gasteiger partial charge in [-0.25, -0.2) is 0 Å².